The summed E-state index contributed by atoms with van der Waals surface area (Å²) in [5.41, 5.74) is 3.94. The van der Waals surface area contributed by atoms with Crippen LogP contribution >= 0.6 is 0 Å². The van der Waals surface area contributed by atoms with Crippen LogP contribution in [0.1, 0.15) is 28.8 Å². The molecular weight excluding hydrogens is 328 g/mol. The van der Waals surface area contributed by atoms with E-state index in [1.54, 1.807) is 23.1 Å². The van der Waals surface area contributed by atoms with E-state index in [1.165, 1.54) is 0 Å². The summed E-state index contributed by atoms with van der Waals surface area (Å²) in [6.07, 6.45) is 5.39. The number of anilines is 2. The lowest BCUT2D eigenvalue weighted by molar-refractivity contribution is -0.116. The van der Waals surface area contributed by atoms with Gasteiger partial charge in [0, 0.05) is 24.0 Å². The molecule has 1 aromatic heterocycles. The highest BCUT2D eigenvalue weighted by Gasteiger charge is 2.15. The van der Waals surface area contributed by atoms with Crippen molar-refractivity contribution in [2.24, 2.45) is 0 Å². The third kappa shape index (κ3) is 3.35. The molecule has 6 nitrogen and oxygen atoms in total. The van der Waals surface area contributed by atoms with Crippen LogP contribution in [-0.2, 0) is 11.2 Å². The fourth-order valence-electron chi connectivity index (χ4n) is 3.02. The number of hydrogen-bond acceptors (Lipinski definition) is 3. The lowest BCUT2D eigenvalue weighted by Crippen LogP contribution is -2.12. The number of aryl methyl sites for hydroxylation is 1. The third-order valence-electron chi connectivity index (χ3n) is 4.35. The number of hydrogen-bond donors (Lipinski definition) is 2. The van der Waals surface area contributed by atoms with E-state index < -0.39 is 0 Å². The Balaban J connectivity index is 1.51. The number of fused-ring (bicyclic) bond motifs is 1. The van der Waals surface area contributed by atoms with Gasteiger partial charge in [0.2, 0.25) is 5.91 Å². The zero-order valence-corrected chi connectivity index (χ0v) is 14.1. The number of aromatic nitrogens is 2. The van der Waals surface area contributed by atoms with Gasteiger partial charge in [-0.3, -0.25) is 9.59 Å². The molecule has 0 saturated carbocycles. The van der Waals surface area contributed by atoms with Crippen molar-refractivity contribution in [1.29, 1.82) is 0 Å². The van der Waals surface area contributed by atoms with E-state index in [0.717, 1.165) is 29.8 Å². The summed E-state index contributed by atoms with van der Waals surface area (Å²) in [4.78, 5) is 24.1. The number of carbonyl (C=O) groups excluding carboxylic acids is 2. The minimum absolute atomic E-state index is 0.0360. The first kappa shape index (κ1) is 16.1. The predicted octanol–water partition coefficient (Wildman–Crippen LogP) is 3.40. The SMILES string of the molecule is O=C1CCCc2cc(NC(=O)c3cnn(-c4ccccc4)c3)ccc2N1. The van der Waals surface area contributed by atoms with E-state index >= 15 is 0 Å². The first-order valence-electron chi connectivity index (χ1n) is 8.53. The highest BCUT2D eigenvalue weighted by atomic mass is 16.2. The van der Waals surface area contributed by atoms with Crippen LogP contribution in [0.25, 0.3) is 5.69 Å². The van der Waals surface area contributed by atoms with E-state index in [1.807, 2.05) is 42.5 Å². The van der Waals surface area contributed by atoms with E-state index in [-0.39, 0.29) is 11.8 Å². The van der Waals surface area contributed by atoms with Crippen molar-refractivity contribution in [3.8, 4) is 5.69 Å². The van der Waals surface area contributed by atoms with Crippen molar-refractivity contribution in [1.82, 2.24) is 9.78 Å². The lowest BCUT2D eigenvalue weighted by Gasteiger charge is -2.10. The molecule has 0 spiro atoms. The summed E-state index contributed by atoms with van der Waals surface area (Å²) in [5, 5.41) is 10.0. The fourth-order valence-corrected chi connectivity index (χ4v) is 3.02. The van der Waals surface area contributed by atoms with Crippen LogP contribution in [0.3, 0.4) is 0 Å². The first-order chi connectivity index (χ1) is 12.7. The summed E-state index contributed by atoms with van der Waals surface area (Å²) in [6, 6.07) is 15.2. The van der Waals surface area contributed by atoms with Crippen molar-refractivity contribution in [3.63, 3.8) is 0 Å². The van der Waals surface area contributed by atoms with Gasteiger partial charge >= 0.3 is 0 Å². The molecule has 6 heteroatoms. The normalized spacial score (nSPS) is 13.5. The summed E-state index contributed by atoms with van der Waals surface area (Å²) < 4.78 is 1.67. The Hall–Kier alpha value is -3.41. The summed E-state index contributed by atoms with van der Waals surface area (Å²) >= 11 is 0. The second-order valence-electron chi connectivity index (χ2n) is 6.24. The maximum absolute atomic E-state index is 12.5. The maximum Gasteiger partial charge on any atom is 0.258 e. The van der Waals surface area contributed by atoms with Crippen LogP contribution in [0.15, 0.2) is 60.9 Å². The van der Waals surface area contributed by atoms with Gasteiger partial charge in [-0.05, 0) is 48.7 Å². The molecule has 26 heavy (non-hydrogen) atoms. The molecule has 0 unspecified atom stereocenters. The van der Waals surface area contributed by atoms with E-state index in [9.17, 15) is 9.59 Å². The number of amides is 2. The summed E-state index contributed by atoms with van der Waals surface area (Å²) in [7, 11) is 0. The largest absolute Gasteiger partial charge is 0.326 e. The Morgan fingerprint density at radius 1 is 1.12 bits per heavy atom. The van der Waals surface area contributed by atoms with Gasteiger partial charge in [0.25, 0.3) is 5.91 Å². The van der Waals surface area contributed by atoms with Crippen LogP contribution in [0, 0.1) is 0 Å². The first-order valence-corrected chi connectivity index (χ1v) is 8.53. The van der Waals surface area contributed by atoms with Crippen molar-refractivity contribution in [2.45, 2.75) is 19.3 Å². The highest BCUT2D eigenvalue weighted by Crippen LogP contribution is 2.25. The average molecular weight is 346 g/mol. The van der Waals surface area contributed by atoms with Gasteiger partial charge in [-0.25, -0.2) is 4.68 Å². The van der Waals surface area contributed by atoms with Crippen molar-refractivity contribution in [3.05, 3.63) is 72.1 Å². The van der Waals surface area contributed by atoms with Gasteiger partial charge in [-0.2, -0.15) is 5.10 Å². The molecule has 3 aromatic rings. The van der Waals surface area contributed by atoms with E-state index in [2.05, 4.69) is 15.7 Å². The van der Waals surface area contributed by atoms with Crippen LogP contribution in [-0.4, -0.2) is 21.6 Å². The Morgan fingerprint density at radius 2 is 1.96 bits per heavy atom. The lowest BCUT2D eigenvalue weighted by atomic mass is 10.1. The molecule has 130 valence electrons. The van der Waals surface area contributed by atoms with E-state index in [0.29, 0.717) is 17.7 Å². The molecule has 2 N–H and O–H groups in total. The van der Waals surface area contributed by atoms with Gasteiger partial charge in [-0.15, -0.1) is 0 Å². The van der Waals surface area contributed by atoms with Gasteiger partial charge in [-0.1, -0.05) is 18.2 Å². The Bertz CT molecular complexity index is 963. The molecule has 2 amide bonds. The quantitative estimate of drug-likeness (QED) is 0.763. The Labute approximate surface area is 150 Å². The Kier molecular flexibility index (Phi) is 4.23. The minimum Gasteiger partial charge on any atom is -0.326 e. The molecular formula is C20H18N4O2. The van der Waals surface area contributed by atoms with Crippen molar-refractivity contribution >= 4 is 23.2 Å². The zero-order valence-electron chi connectivity index (χ0n) is 14.1. The van der Waals surface area contributed by atoms with Gasteiger partial charge in [0.15, 0.2) is 0 Å². The van der Waals surface area contributed by atoms with Crippen LogP contribution in [0.4, 0.5) is 11.4 Å². The average Bonchev–Trinajstić information content (AvgIpc) is 3.07. The number of para-hydroxylation sites is 1. The molecule has 2 heterocycles. The van der Waals surface area contributed by atoms with Gasteiger partial charge in [0.1, 0.15) is 0 Å². The molecule has 2 aromatic carbocycles. The van der Waals surface area contributed by atoms with E-state index in [4.69, 9.17) is 0 Å². The molecule has 1 aliphatic rings. The molecule has 0 radical (unpaired) electrons. The van der Waals surface area contributed by atoms with Crippen molar-refractivity contribution in [2.75, 3.05) is 10.6 Å². The van der Waals surface area contributed by atoms with Crippen LogP contribution in [0.5, 0.6) is 0 Å². The molecule has 1 aliphatic heterocycles. The smallest absolute Gasteiger partial charge is 0.258 e. The van der Waals surface area contributed by atoms with Crippen LogP contribution in [0.2, 0.25) is 0 Å². The predicted molar refractivity (Wildman–Crippen MR) is 99.5 cm³/mol. The summed E-state index contributed by atoms with van der Waals surface area (Å²) in [5.74, 6) is -0.182. The second kappa shape index (κ2) is 6.84. The molecule has 0 aliphatic carbocycles. The standard InChI is InChI=1S/C20H18N4O2/c25-19-8-4-5-14-11-16(9-10-18(14)23-19)22-20(26)15-12-21-24(13-15)17-6-2-1-3-7-17/h1-3,6-7,9-13H,4-5,8H2,(H,22,26)(H,23,25). The second-order valence-corrected chi connectivity index (χ2v) is 6.24. The number of nitrogens with zero attached hydrogens (tertiary/aromatic N) is 2. The number of carbonyl (C=O) groups is 2. The topological polar surface area (TPSA) is 76.0 Å². The molecule has 0 atom stereocenters. The third-order valence-corrected chi connectivity index (χ3v) is 4.35. The molecule has 0 saturated heterocycles. The number of benzene rings is 2. The van der Waals surface area contributed by atoms with Crippen LogP contribution < -0.4 is 10.6 Å². The molecule has 0 bridgehead atoms. The van der Waals surface area contributed by atoms with Gasteiger partial charge < -0.3 is 10.6 Å². The molecule has 4 rings (SSSR count). The van der Waals surface area contributed by atoms with Gasteiger partial charge in [0.05, 0.1) is 17.4 Å². The summed E-state index contributed by atoms with van der Waals surface area (Å²) in [6.45, 7) is 0. The number of rotatable bonds is 3. The maximum atomic E-state index is 12.5. The minimum atomic E-state index is -0.218. The highest BCUT2D eigenvalue weighted by molar-refractivity contribution is 6.04. The fraction of sp³-hybridized carbons (Fsp3) is 0.150. The zero-order chi connectivity index (χ0) is 17.9. The molecule has 0 fully saturated rings. The number of nitrogens with one attached hydrogen (secondary N) is 2. The van der Waals surface area contributed by atoms with Crippen molar-refractivity contribution < 1.29 is 9.59 Å². The Morgan fingerprint density at radius 3 is 2.81 bits per heavy atom. The monoisotopic (exact) mass is 346 g/mol.